The number of nitrogens with zero attached hydrogens (tertiary/aromatic N) is 3. The van der Waals surface area contributed by atoms with E-state index in [1.807, 2.05) is 25.1 Å². The van der Waals surface area contributed by atoms with Crippen LogP contribution in [0.2, 0.25) is 0 Å². The third-order valence-corrected chi connectivity index (χ3v) is 4.59. The molecule has 0 fully saturated rings. The minimum absolute atomic E-state index is 0.611. The lowest BCUT2D eigenvalue weighted by Crippen LogP contribution is -2.11. The van der Waals surface area contributed by atoms with Crippen LogP contribution in [0.1, 0.15) is 11.3 Å². The number of thioether (sulfide) groups is 1. The molecule has 0 saturated heterocycles. The molecule has 108 valence electrons. The van der Waals surface area contributed by atoms with Crippen LogP contribution < -0.4 is 5.84 Å². The molecule has 2 heterocycles. The van der Waals surface area contributed by atoms with Crippen LogP contribution in [0, 0.1) is 6.92 Å². The lowest BCUT2D eigenvalue weighted by Gasteiger charge is -2.03. The molecule has 7 heteroatoms. The Morgan fingerprint density at radius 1 is 1.24 bits per heavy atom. The van der Waals surface area contributed by atoms with Crippen molar-refractivity contribution in [3.8, 4) is 11.4 Å². The van der Waals surface area contributed by atoms with Crippen molar-refractivity contribution in [3.63, 3.8) is 0 Å². The Balaban J connectivity index is 1.77. The normalized spacial score (nSPS) is 11.0. The van der Waals surface area contributed by atoms with Crippen LogP contribution in [-0.4, -0.2) is 14.9 Å². The number of halogens is 1. The fourth-order valence-corrected chi connectivity index (χ4v) is 2.98. The van der Waals surface area contributed by atoms with Gasteiger partial charge in [0.2, 0.25) is 5.16 Å². The smallest absolute Gasteiger partial charge is 0.210 e. The molecule has 5 nitrogen and oxygen atoms in total. The molecule has 0 spiro atoms. The maximum Gasteiger partial charge on any atom is 0.210 e. The molecule has 0 amide bonds. The molecule has 3 aromatic rings. The van der Waals surface area contributed by atoms with E-state index in [0.717, 1.165) is 21.5 Å². The number of benzene rings is 1. The summed E-state index contributed by atoms with van der Waals surface area (Å²) in [5, 5.41) is 8.97. The second-order valence-corrected chi connectivity index (χ2v) is 6.34. The van der Waals surface area contributed by atoms with Gasteiger partial charge in [0.25, 0.3) is 0 Å². The summed E-state index contributed by atoms with van der Waals surface area (Å²) < 4.78 is 7.84. The molecule has 0 bridgehead atoms. The topological polar surface area (TPSA) is 69.9 Å². The van der Waals surface area contributed by atoms with Crippen molar-refractivity contribution in [2.75, 3.05) is 5.84 Å². The Morgan fingerprint density at radius 3 is 2.67 bits per heavy atom. The van der Waals surface area contributed by atoms with E-state index < -0.39 is 0 Å². The molecule has 2 aromatic heterocycles. The second-order valence-electron chi connectivity index (χ2n) is 4.48. The average Bonchev–Trinajstić information content (AvgIpc) is 3.04. The molecule has 0 aliphatic rings. The van der Waals surface area contributed by atoms with E-state index in [2.05, 4.69) is 38.3 Å². The van der Waals surface area contributed by atoms with Gasteiger partial charge in [-0.05, 0) is 30.7 Å². The van der Waals surface area contributed by atoms with Crippen molar-refractivity contribution < 1.29 is 4.42 Å². The number of nitrogen functional groups attached to an aromatic ring is 1. The summed E-state index contributed by atoms with van der Waals surface area (Å²) in [7, 11) is 0. The molecule has 1 aromatic carbocycles. The SMILES string of the molecule is Cc1occc1-c1nnc(SCc2ccc(Br)cc2)n1N. The number of aryl methyl sites for hydroxylation is 1. The van der Waals surface area contributed by atoms with Crippen molar-refractivity contribution in [3.05, 3.63) is 52.4 Å². The van der Waals surface area contributed by atoms with Gasteiger partial charge in [0.15, 0.2) is 5.82 Å². The third kappa shape index (κ3) is 2.98. The van der Waals surface area contributed by atoms with Crippen LogP contribution >= 0.6 is 27.7 Å². The molecule has 0 saturated carbocycles. The fourth-order valence-electron chi connectivity index (χ4n) is 1.90. The number of hydrogen-bond acceptors (Lipinski definition) is 5. The largest absolute Gasteiger partial charge is 0.469 e. The van der Waals surface area contributed by atoms with Gasteiger partial charge in [-0.1, -0.05) is 39.8 Å². The highest BCUT2D eigenvalue weighted by molar-refractivity contribution is 9.10. The minimum Gasteiger partial charge on any atom is -0.469 e. The van der Waals surface area contributed by atoms with E-state index in [0.29, 0.717) is 11.0 Å². The van der Waals surface area contributed by atoms with Crippen LogP contribution in [-0.2, 0) is 5.75 Å². The Kier molecular flexibility index (Phi) is 4.03. The van der Waals surface area contributed by atoms with Gasteiger partial charge in [-0.25, -0.2) is 4.68 Å². The van der Waals surface area contributed by atoms with E-state index in [1.54, 1.807) is 18.0 Å². The number of hydrogen-bond donors (Lipinski definition) is 1. The van der Waals surface area contributed by atoms with Gasteiger partial charge in [-0.15, -0.1) is 10.2 Å². The van der Waals surface area contributed by atoms with Gasteiger partial charge < -0.3 is 10.3 Å². The first-order valence-corrected chi connectivity index (χ1v) is 8.05. The molecule has 0 aliphatic carbocycles. The van der Waals surface area contributed by atoms with Crippen LogP contribution in [0.25, 0.3) is 11.4 Å². The highest BCUT2D eigenvalue weighted by atomic mass is 79.9. The van der Waals surface area contributed by atoms with Crippen molar-refractivity contribution >= 4 is 27.7 Å². The van der Waals surface area contributed by atoms with Gasteiger partial charge in [0, 0.05) is 10.2 Å². The highest BCUT2D eigenvalue weighted by Crippen LogP contribution is 2.26. The molecular weight excluding hydrogens is 352 g/mol. The third-order valence-electron chi connectivity index (χ3n) is 3.05. The zero-order chi connectivity index (χ0) is 14.8. The zero-order valence-electron chi connectivity index (χ0n) is 11.3. The monoisotopic (exact) mass is 364 g/mol. The number of nitrogens with two attached hydrogens (primary N) is 1. The molecule has 0 radical (unpaired) electrons. The summed E-state index contributed by atoms with van der Waals surface area (Å²) in [6.45, 7) is 1.87. The van der Waals surface area contributed by atoms with Gasteiger partial charge in [-0.3, -0.25) is 0 Å². The van der Waals surface area contributed by atoms with Crippen molar-refractivity contribution in [2.45, 2.75) is 17.8 Å². The zero-order valence-corrected chi connectivity index (χ0v) is 13.7. The van der Waals surface area contributed by atoms with Crippen molar-refractivity contribution in [2.24, 2.45) is 0 Å². The maximum absolute atomic E-state index is 6.07. The Morgan fingerprint density at radius 2 is 2.00 bits per heavy atom. The van der Waals surface area contributed by atoms with Gasteiger partial charge in [0.1, 0.15) is 5.76 Å². The van der Waals surface area contributed by atoms with Crippen LogP contribution in [0.15, 0.2) is 50.6 Å². The summed E-state index contributed by atoms with van der Waals surface area (Å²) in [5.41, 5.74) is 2.06. The second kappa shape index (κ2) is 5.95. The Labute approximate surface area is 134 Å². The maximum atomic E-state index is 6.07. The van der Waals surface area contributed by atoms with Gasteiger partial charge in [0.05, 0.1) is 11.8 Å². The standard InChI is InChI=1S/C14H13BrN4OS/c1-9-12(6-7-20-9)13-17-18-14(19(13)16)21-8-10-2-4-11(15)5-3-10/h2-7H,8,16H2,1H3. The van der Waals surface area contributed by atoms with Crippen LogP contribution in [0.5, 0.6) is 0 Å². The first kappa shape index (κ1) is 14.2. The highest BCUT2D eigenvalue weighted by Gasteiger charge is 2.15. The van der Waals surface area contributed by atoms with Gasteiger partial charge in [-0.2, -0.15) is 0 Å². The lowest BCUT2D eigenvalue weighted by atomic mass is 10.2. The predicted octanol–water partition coefficient (Wildman–Crippen LogP) is 3.62. The summed E-state index contributed by atoms with van der Waals surface area (Å²) in [6.07, 6.45) is 1.62. The van der Waals surface area contributed by atoms with Crippen LogP contribution in [0.3, 0.4) is 0 Å². The molecule has 0 unspecified atom stereocenters. The average molecular weight is 365 g/mol. The molecular formula is C14H13BrN4OS. The molecule has 3 rings (SSSR count). The fraction of sp³-hybridized carbons (Fsp3) is 0.143. The first-order valence-electron chi connectivity index (χ1n) is 6.27. The molecule has 2 N–H and O–H groups in total. The van der Waals surface area contributed by atoms with Crippen LogP contribution in [0.4, 0.5) is 0 Å². The molecule has 0 atom stereocenters. The number of furan rings is 1. The predicted molar refractivity (Wildman–Crippen MR) is 86.3 cm³/mol. The summed E-state index contributed by atoms with van der Waals surface area (Å²) >= 11 is 4.97. The molecule has 21 heavy (non-hydrogen) atoms. The summed E-state index contributed by atoms with van der Waals surface area (Å²) in [5.74, 6) is 8.25. The number of rotatable bonds is 4. The van der Waals surface area contributed by atoms with E-state index >= 15 is 0 Å². The summed E-state index contributed by atoms with van der Waals surface area (Å²) in [4.78, 5) is 0. The lowest BCUT2D eigenvalue weighted by molar-refractivity contribution is 0.535. The Bertz CT molecular complexity index is 751. The van der Waals surface area contributed by atoms with E-state index in [9.17, 15) is 0 Å². The number of aromatic nitrogens is 3. The minimum atomic E-state index is 0.611. The van der Waals surface area contributed by atoms with Crippen molar-refractivity contribution in [1.29, 1.82) is 0 Å². The quantitative estimate of drug-likeness (QED) is 0.565. The van der Waals surface area contributed by atoms with Gasteiger partial charge >= 0.3 is 0 Å². The van der Waals surface area contributed by atoms with Crippen molar-refractivity contribution in [1.82, 2.24) is 14.9 Å². The first-order chi connectivity index (χ1) is 10.1. The van der Waals surface area contributed by atoms with E-state index in [4.69, 9.17) is 10.3 Å². The Hall–Kier alpha value is -1.73. The molecule has 0 aliphatic heterocycles. The summed E-state index contributed by atoms with van der Waals surface area (Å²) in [6, 6.07) is 10.0. The van der Waals surface area contributed by atoms with E-state index in [1.165, 1.54) is 10.2 Å². The van der Waals surface area contributed by atoms with E-state index in [-0.39, 0.29) is 0 Å².